The Bertz CT molecular complexity index is 1390. The monoisotopic (exact) mass is 613 g/mol. The Balaban J connectivity index is 1.41. The fourth-order valence-electron chi connectivity index (χ4n) is 5.54. The molecule has 1 aliphatic rings. The first-order chi connectivity index (χ1) is 21.8. The van der Waals surface area contributed by atoms with Crippen molar-refractivity contribution in [1.29, 1.82) is 0 Å². The third kappa shape index (κ3) is 10.9. The zero-order valence-electron chi connectivity index (χ0n) is 26.5. The standard InChI is InChI=1S/C37H47N3O5/c1-4-20-40(3)25-34-23-35(30-17-15-28(26-41)16-18-30)45-37(44-34)33-13-9-12-32(22-33)31-11-8-10-29(21-31)24-39-36(43)14-6-5-7-19-38-27(2)42/h4,8-13,15-18,21-22,34-35,37,41H,1,5-7,14,19-20,23-26H2,2-3H3,(H,38,42)(H,39,43). The lowest BCUT2D eigenvalue weighted by Crippen LogP contribution is -2.37. The quantitative estimate of drug-likeness (QED) is 0.139. The van der Waals surface area contributed by atoms with Gasteiger partial charge in [-0.25, -0.2) is 0 Å². The normalized spacial score (nSPS) is 18.0. The minimum absolute atomic E-state index is 0.00893. The fraction of sp³-hybridized carbons (Fsp3) is 0.405. The van der Waals surface area contributed by atoms with Gasteiger partial charge < -0.3 is 30.1 Å². The van der Waals surface area contributed by atoms with E-state index in [1.165, 1.54) is 6.92 Å². The van der Waals surface area contributed by atoms with Crippen molar-refractivity contribution in [3.05, 3.63) is 108 Å². The summed E-state index contributed by atoms with van der Waals surface area (Å²) in [6.07, 6.45) is 4.93. The summed E-state index contributed by atoms with van der Waals surface area (Å²) in [7, 11) is 2.06. The average Bonchev–Trinajstić information content (AvgIpc) is 3.05. The second-order valence-electron chi connectivity index (χ2n) is 11.8. The van der Waals surface area contributed by atoms with E-state index in [0.29, 0.717) is 19.5 Å². The minimum atomic E-state index is -0.538. The molecule has 3 aromatic rings. The van der Waals surface area contributed by atoms with Crippen LogP contribution >= 0.6 is 0 Å². The van der Waals surface area contributed by atoms with Crippen molar-refractivity contribution in [2.24, 2.45) is 0 Å². The first-order valence-electron chi connectivity index (χ1n) is 15.8. The Labute approximate surface area is 267 Å². The van der Waals surface area contributed by atoms with Crippen molar-refractivity contribution in [3.63, 3.8) is 0 Å². The number of aliphatic hydroxyl groups is 1. The molecule has 1 saturated heterocycles. The van der Waals surface area contributed by atoms with Gasteiger partial charge in [0.25, 0.3) is 0 Å². The number of carbonyl (C=O) groups excluding carboxylic acids is 2. The molecular formula is C37H47N3O5. The summed E-state index contributed by atoms with van der Waals surface area (Å²) >= 11 is 0. The fourth-order valence-corrected chi connectivity index (χ4v) is 5.54. The second-order valence-corrected chi connectivity index (χ2v) is 11.8. The highest BCUT2D eigenvalue weighted by Gasteiger charge is 2.32. The number of hydrogen-bond donors (Lipinski definition) is 3. The maximum atomic E-state index is 12.4. The predicted molar refractivity (Wildman–Crippen MR) is 177 cm³/mol. The van der Waals surface area contributed by atoms with E-state index in [1.807, 2.05) is 54.6 Å². The molecule has 240 valence electrons. The minimum Gasteiger partial charge on any atom is -0.392 e. The highest BCUT2D eigenvalue weighted by Crippen LogP contribution is 2.39. The van der Waals surface area contributed by atoms with E-state index < -0.39 is 6.29 Å². The molecule has 0 radical (unpaired) electrons. The third-order valence-corrected chi connectivity index (χ3v) is 7.93. The van der Waals surface area contributed by atoms with Gasteiger partial charge in [-0.05, 0) is 59.8 Å². The Kier molecular flexibility index (Phi) is 13.3. The van der Waals surface area contributed by atoms with E-state index in [4.69, 9.17) is 9.47 Å². The molecule has 4 rings (SSSR count). The lowest BCUT2D eigenvalue weighted by atomic mass is 9.98. The lowest BCUT2D eigenvalue weighted by Gasteiger charge is -2.37. The van der Waals surface area contributed by atoms with Gasteiger partial charge in [-0.15, -0.1) is 6.58 Å². The maximum absolute atomic E-state index is 12.4. The summed E-state index contributed by atoms with van der Waals surface area (Å²) in [5.41, 5.74) is 6.00. The number of amides is 2. The molecule has 1 aliphatic heterocycles. The summed E-state index contributed by atoms with van der Waals surface area (Å²) in [4.78, 5) is 25.5. The van der Waals surface area contributed by atoms with Crippen molar-refractivity contribution in [2.45, 2.75) is 70.7 Å². The Morgan fingerprint density at radius 2 is 1.69 bits per heavy atom. The van der Waals surface area contributed by atoms with Gasteiger partial charge in [-0.1, -0.05) is 73.2 Å². The van der Waals surface area contributed by atoms with E-state index in [0.717, 1.165) is 72.2 Å². The summed E-state index contributed by atoms with van der Waals surface area (Å²) in [6, 6.07) is 24.4. The SMILES string of the molecule is C=CCN(C)CC1CC(c2ccc(CO)cc2)OC(c2cccc(-c3cccc(CNC(=O)CCCCCNC(C)=O)c3)c2)O1. The molecule has 1 heterocycles. The van der Waals surface area contributed by atoms with E-state index >= 15 is 0 Å². The molecule has 3 atom stereocenters. The lowest BCUT2D eigenvalue weighted by molar-refractivity contribution is -0.252. The van der Waals surface area contributed by atoms with Crippen molar-refractivity contribution in [2.75, 3.05) is 26.7 Å². The van der Waals surface area contributed by atoms with Crippen LogP contribution < -0.4 is 10.6 Å². The van der Waals surface area contributed by atoms with Crippen LogP contribution in [0.4, 0.5) is 0 Å². The van der Waals surface area contributed by atoms with Gasteiger partial charge >= 0.3 is 0 Å². The van der Waals surface area contributed by atoms with Crippen molar-refractivity contribution in [3.8, 4) is 11.1 Å². The molecule has 0 aromatic heterocycles. The largest absolute Gasteiger partial charge is 0.392 e. The number of aliphatic hydroxyl groups excluding tert-OH is 1. The van der Waals surface area contributed by atoms with E-state index in [9.17, 15) is 14.7 Å². The molecule has 0 saturated carbocycles. The number of benzene rings is 3. The van der Waals surface area contributed by atoms with Crippen molar-refractivity contribution in [1.82, 2.24) is 15.5 Å². The third-order valence-electron chi connectivity index (χ3n) is 7.93. The topological polar surface area (TPSA) is 100 Å². The van der Waals surface area contributed by atoms with Gasteiger partial charge in [-0.2, -0.15) is 0 Å². The summed E-state index contributed by atoms with van der Waals surface area (Å²) in [5.74, 6) is 0.00602. The van der Waals surface area contributed by atoms with Gasteiger partial charge in [0, 0.05) is 51.5 Å². The first-order valence-corrected chi connectivity index (χ1v) is 15.8. The molecule has 0 bridgehead atoms. The average molecular weight is 614 g/mol. The van der Waals surface area contributed by atoms with E-state index in [2.05, 4.69) is 53.4 Å². The number of nitrogens with zero attached hydrogens (tertiary/aromatic N) is 1. The smallest absolute Gasteiger partial charge is 0.220 e. The van der Waals surface area contributed by atoms with Crippen LogP contribution in [0.15, 0.2) is 85.5 Å². The number of nitrogens with one attached hydrogen (secondary N) is 2. The number of carbonyl (C=O) groups is 2. The summed E-state index contributed by atoms with van der Waals surface area (Å²) in [5, 5.41) is 15.3. The number of unbranched alkanes of at least 4 members (excludes halogenated alkanes) is 2. The highest BCUT2D eigenvalue weighted by atomic mass is 16.7. The second kappa shape index (κ2) is 17.6. The molecule has 0 spiro atoms. The van der Waals surface area contributed by atoms with Crippen LogP contribution in [0.3, 0.4) is 0 Å². The molecule has 45 heavy (non-hydrogen) atoms. The van der Waals surface area contributed by atoms with Crippen LogP contribution in [-0.2, 0) is 32.2 Å². The number of rotatable bonds is 16. The maximum Gasteiger partial charge on any atom is 0.220 e. The van der Waals surface area contributed by atoms with E-state index in [1.54, 1.807) is 0 Å². The first kappa shape index (κ1) is 34.1. The zero-order chi connectivity index (χ0) is 32.0. The van der Waals surface area contributed by atoms with Gasteiger partial charge in [0.2, 0.25) is 11.8 Å². The molecule has 3 N–H and O–H groups in total. The Morgan fingerprint density at radius 1 is 0.933 bits per heavy atom. The van der Waals surface area contributed by atoms with Gasteiger partial charge in [0.15, 0.2) is 6.29 Å². The van der Waals surface area contributed by atoms with Crippen LogP contribution in [-0.4, -0.2) is 54.6 Å². The number of hydrogen-bond acceptors (Lipinski definition) is 6. The van der Waals surface area contributed by atoms with Crippen molar-refractivity contribution < 1.29 is 24.2 Å². The molecule has 8 heteroatoms. The molecule has 3 aromatic carbocycles. The molecule has 3 unspecified atom stereocenters. The van der Waals surface area contributed by atoms with Crippen LogP contribution in [0.1, 0.15) is 73.7 Å². The Morgan fingerprint density at radius 3 is 2.42 bits per heavy atom. The Hall–Kier alpha value is -3.82. The van der Waals surface area contributed by atoms with Gasteiger partial charge in [0.1, 0.15) is 0 Å². The highest BCUT2D eigenvalue weighted by molar-refractivity contribution is 5.76. The van der Waals surface area contributed by atoms with Crippen LogP contribution in [0, 0.1) is 0 Å². The molecule has 0 aliphatic carbocycles. The number of likely N-dealkylation sites (N-methyl/N-ethyl adjacent to an activating group) is 1. The molecular weight excluding hydrogens is 566 g/mol. The van der Waals surface area contributed by atoms with Crippen LogP contribution in [0.25, 0.3) is 11.1 Å². The predicted octanol–water partition coefficient (Wildman–Crippen LogP) is 5.82. The van der Waals surface area contributed by atoms with Crippen molar-refractivity contribution >= 4 is 11.8 Å². The molecule has 8 nitrogen and oxygen atoms in total. The van der Waals surface area contributed by atoms with Gasteiger partial charge in [0.05, 0.1) is 18.8 Å². The van der Waals surface area contributed by atoms with Gasteiger partial charge in [-0.3, -0.25) is 9.59 Å². The molecule has 2 amide bonds. The number of ether oxygens (including phenoxy) is 2. The van der Waals surface area contributed by atoms with E-state index in [-0.39, 0.29) is 30.6 Å². The van der Waals surface area contributed by atoms with Crippen LogP contribution in [0.5, 0.6) is 0 Å². The van der Waals surface area contributed by atoms with Crippen LogP contribution in [0.2, 0.25) is 0 Å². The summed E-state index contributed by atoms with van der Waals surface area (Å²) < 4.78 is 13.1. The molecule has 1 fully saturated rings. The zero-order valence-corrected chi connectivity index (χ0v) is 26.5. The summed E-state index contributed by atoms with van der Waals surface area (Å²) in [6.45, 7) is 8.02.